The molecule has 0 unspecified atom stereocenters. The van der Waals surface area contributed by atoms with Gasteiger partial charge in [-0.3, -0.25) is 14.0 Å². The van der Waals surface area contributed by atoms with Crippen molar-refractivity contribution in [3.05, 3.63) is 54.1 Å². The number of anilines is 1. The Balaban J connectivity index is 1.91. The molecule has 8 heteroatoms. The largest absolute Gasteiger partial charge is 0.497 e. The number of ether oxygens (including phenoxy) is 2. The maximum atomic E-state index is 12.9. The molecule has 0 atom stereocenters. The Kier molecular flexibility index (Phi) is 6.33. The number of nitrogens with zero attached hydrogens (tertiary/aromatic N) is 2. The molecule has 0 aliphatic heterocycles. The number of carbonyl (C=O) groups excluding carboxylic acids is 2. The van der Waals surface area contributed by atoms with E-state index in [1.165, 1.54) is 7.11 Å². The van der Waals surface area contributed by atoms with Crippen LogP contribution in [0.15, 0.2) is 42.6 Å². The molecule has 0 aliphatic carbocycles. The standard InChI is InChI=1S/C21H24N4O4/c1-4-5-11-22-20(26)18-16-8-6-7-12-25(16)19(24-18)21(27)23-15-10-9-14(28-2)13-17(15)29-3/h6-10,12-13H,4-5,11H2,1-3H3,(H,22,26)(H,23,27). The van der Waals surface area contributed by atoms with Gasteiger partial charge in [-0.2, -0.15) is 0 Å². The topological polar surface area (TPSA) is 94.0 Å². The van der Waals surface area contributed by atoms with Gasteiger partial charge in [0.15, 0.2) is 5.69 Å². The molecule has 0 spiro atoms. The van der Waals surface area contributed by atoms with E-state index >= 15 is 0 Å². The summed E-state index contributed by atoms with van der Waals surface area (Å²) < 4.78 is 12.1. The summed E-state index contributed by atoms with van der Waals surface area (Å²) in [5, 5.41) is 5.64. The highest BCUT2D eigenvalue weighted by Gasteiger charge is 2.22. The van der Waals surface area contributed by atoms with Gasteiger partial charge in [0.05, 0.1) is 25.4 Å². The van der Waals surface area contributed by atoms with Crippen LogP contribution in [-0.4, -0.2) is 42.0 Å². The van der Waals surface area contributed by atoms with Gasteiger partial charge in [-0.25, -0.2) is 4.98 Å². The van der Waals surface area contributed by atoms with E-state index in [-0.39, 0.29) is 17.4 Å². The molecule has 29 heavy (non-hydrogen) atoms. The second-order valence-corrected chi connectivity index (χ2v) is 6.37. The number of carbonyl (C=O) groups is 2. The minimum Gasteiger partial charge on any atom is -0.497 e. The van der Waals surface area contributed by atoms with Crippen LogP contribution in [-0.2, 0) is 0 Å². The van der Waals surface area contributed by atoms with Gasteiger partial charge in [-0.1, -0.05) is 19.4 Å². The van der Waals surface area contributed by atoms with Gasteiger partial charge in [-0.05, 0) is 30.7 Å². The third kappa shape index (κ3) is 4.31. The Morgan fingerprint density at radius 1 is 1.10 bits per heavy atom. The van der Waals surface area contributed by atoms with E-state index in [0.29, 0.717) is 29.2 Å². The van der Waals surface area contributed by atoms with Crippen molar-refractivity contribution < 1.29 is 19.1 Å². The van der Waals surface area contributed by atoms with Crippen LogP contribution in [0.5, 0.6) is 11.5 Å². The van der Waals surface area contributed by atoms with Gasteiger partial charge < -0.3 is 20.1 Å². The number of nitrogens with one attached hydrogen (secondary N) is 2. The molecule has 0 saturated heterocycles. The molecule has 8 nitrogen and oxygen atoms in total. The van der Waals surface area contributed by atoms with Gasteiger partial charge >= 0.3 is 0 Å². The summed E-state index contributed by atoms with van der Waals surface area (Å²) in [7, 11) is 3.06. The molecule has 1 aromatic carbocycles. The van der Waals surface area contributed by atoms with E-state index in [1.807, 2.05) is 6.92 Å². The third-order valence-corrected chi connectivity index (χ3v) is 4.44. The lowest BCUT2D eigenvalue weighted by Gasteiger charge is -2.11. The number of unbranched alkanes of at least 4 members (excludes halogenated alkanes) is 1. The monoisotopic (exact) mass is 396 g/mol. The Hall–Kier alpha value is -3.55. The SMILES string of the molecule is CCCCNC(=O)c1nc(C(=O)Nc2ccc(OC)cc2OC)n2ccccc12. The molecule has 0 radical (unpaired) electrons. The molecule has 2 heterocycles. The van der Waals surface area contributed by atoms with Crippen molar-refractivity contribution in [3.63, 3.8) is 0 Å². The van der Waals surface area contributed by atoms with Crippen molar-refractivity contribution in [1.29, 1.82) is 0 Å². The molecular formula is C21H24N4O4. The van der Waals surface area contributed by atoms with Gasteiger partial charge in [0, 0.05) is 18.8 Å². The average Bonchev–Trinajstić information content (AvgIpc) is 3.14. The summed E-state index contributed by atoms with van der Waals surface area (Å²) in [6.45, 7) is 2.61. The number of rotatable bonds is 8. The third-order valence-electron chi connectivity index (χ3n) is 4.44. The van der Waals surface area contributed by atoms with E-state index < -0.39 is 5.91 Å². The fourth-order valence-electron chi connectivity index (χ4n) is 2.91. The Bertz CT molecular complexity index is 1030. The highest BCUT2D eigenvalue weighted by Crippen LogP contribution is 2.29. The fraction of sp³-hybridized carbons (Fsp3) is 0.286. The number of aromatic nitrogens is 2. The zero-order valence-corrected chi connectivity index (χ0v) is 16.7. The molecule has 2 N–H and O–H groups in total. The van der Waals surface area contributed by atoms with Crippen LogP contribution in [0.1, 0.15) is 40.9 Å². The van der Waals surface area contributed by atoms with Crippen molar-refractivity contribution in [1.82, 2.24) is 14.7 Å². The van der Waals surface area contributed by atoms with Crippen LogP contribution in [0.2, 0.25) is 0 Å². The maximum Gasteiger partial charge on any atom is 0.292 e. The van der Waals surface area contributed by atoms with E-state index in [4.69, 9.17) is 9.47 Å². The minimum absolute atomic E-state index is 0.110. The predicted octanol–water partition coefficient (Wildman–Crippen LogP) is 3.13. The summed E-state index contributed by atoms with van der Waals surface area (Å²) in [4.78, 5) is 29.8. The second kappa shape index (κ2) is 9.09. The molecule has 0 saturated carbocycles. The number of hydrogen-bond donors (Lipinski definition) is 2. The molecule has 2 aromatic heterocycles. The van der Waals surface area contributed by atoms with Gasteiger partial charge in [-0.15, -0.1) is 0 Å². The molecule has 2 amide bonds. The lowest BCUT2D eigenvalue weighted by Crippen LogP contribution is -2.25. The second-order valence-electron chi connectivity index (χ2n) is 6.37. The highest BCUT2D eigenvalue weighted by molar-refractivity contribution is 6.06. The quantitative estimate of drug-likeness (QED) is 0.571. The first-order chi connectivity index (χ1) is 14.1. The predicted molar refractivity (Wildman–Crippen MR) is 110 cm³/mol. The zero-order valence-electron chi connectivity index (χ0n) is 16.7. The van der Waals surface area contributed by atoms with Crippen LogP contribution in [0.4, 0.5) is 5.69 Å². The Morgan fingerprint density at radius 3 is 2.66 bits per heavy atom. The molecule has 3 rings (SSSR count). The maximum absolute atomic E-state index is 12.9. The number of amides is 2. The lowest BCUT2D eigenvalue weighted by atomic mass is 10.2. The van der Waals surface area contributed by atoms with Crippen molar-refractivity contribution in [2.75, 3.05) is 26.1 Å². The van der Waals surface area contributed by atoms with Crippen LogP contribution >= 0.6 is 0 Å². The first-order valence-electron chi connectivity index (χ1n) is 9.37. The zero-order chi connectivity index (χ0) is 20.8. The van der Waals surface area contributed by atoms with Gasteiger partial charge in [0.25, 0.3) is 11.8 Å². The lowest BCUT2D eigenvalue weighted by molar-refractivity contribution is 0.0950. The molecular weight excluding hydrogens is 372 g/mol. The van der Waals surface area contributed by atoms with E-state index in [9.17, 15) is 9.59 Å². The van der Waals surface area contributed by atoms with Gasteiger partial charge in [0.1, 0.15) is 11.5 Å². The van der Waals surface area contributed by atoms with Crippen LogP contribution in [0.25, 0.3) is 5.52 Å². The molecule has 3 aromatic rings. The number of benzene rings is 1. The minimum atomic E-state index is -0.456. The van der Waals surface area contributed by atoms with E-state index in [2.05, 4.69) is 15.6 Å². The Labute approximate surface area is 168 Å². The molecule has 0 fully saturated rings. The van der Waals surface area contributed by atoms with E-state index in [0.717, 1.165) is 12.8 Å². The summed E-state index contributed by atoms with van der Waals surface area (Å²) in [6.07, 6.45) is 3.55. The summed E-state index contributed by atoms with van der Waals surface area (Å²) in [6, 6.07) is 10.4. The highest BCUT2D eigenvalue weighted by atomic mass is 16.5. The van der Waals surface area contributed by atoms with Crippen LogP contribution < -0.4 is 20.1 Å². The van der Waals surface area contributed by atoms with Crippen molar-refractivity contribution in [2.24, 2.45) is 0 Å². The summed E-state index contributed by atoms with van der Waals surface area (Å²) in [5.41, 5.74) is 1.25. The first-order valence-corrected chi connectivity index (χ1v) is 9.37. The molecule has 0 bridgehead atoms. The normalized spacial score (nSPS) is 10.6. The average molecular weight is 396 g/mol. The number of pyridine rings is 1. The molecule has 0 aliphatic rings. The number of methoxy groups -OCH3 is 2. The van der Waals surface area contributed by atoms with Crippen molar-refractivity contribution in [3.8, 4) is 11.5 Å². The Morgan fingerprint density at radius 2 is 1.93 bits per heavy atom. The van der Waals surface area contributed by atoms with Gasteiger partial charge in [0.2, 0.25) is 5.82 Å². The summed E-state index contributed by atoms with van der Waals surface area (Å²) in [5.74, 6) is 0.415. The molecule has 152 valence electrons. The first kappa shape index (κ1) is 20.2. The number of hydrogen-bond acceptors (Lipinski definition) is 5. The number of fused-ring (bicyclic) bond motifs is 1. The number of imidazole rings is 1. The van der Waals surface area contributed by atoms with Crippen LogP contribution in [0.3, 0.4) is 0 Å². The van der Waals surface area contributed by atoms with Crippen molar-refractivity contribution in [2.45, 2.75) is 19.8 Å². The van der Waals surface area contributed by atoms with E-state index in [1.54, 1.807) is 54.1 Å². The fourth-order valence-corrected chi connectivity index (χ4v) is 2.91. The van der Waals surface area contributed by atoms with Crippen molar-refractivity contribution >= 4 is 23.0 Å². The summed E-state index contributed by atoms with van der Waals surface area (Å²) >= 11 is 0. The van der Waals surface area contributed by atoms with Crippen LogP contribution in [0, 0.1) is 0 Å². The smallest absolute Gasteiger partial charge is 0.292 e.